The summed E-state index contributed by atoms with van der Waals surface area (Å²) in [5.74, 6) is 0.637. The fraction of sp³-hybridized carbons (Fsp3) is 0.438. The Kier molecular flexibility index (Phi) is 3.49. The maximum Gasteiger partial charge on any atom is 0.0951 e. The van der Waals surface area contributed by atoms with Crippen molar-refractivity contribution in [2.45, 2.75) is 19.4 Å². The van der Waals surface area contributed by atoms with Crippen molar-refractivity contribution in [3.63, 3.8) is 0 Å². The predicted molar refractivity (Wildman–Crippen MR) is 84.8 cm³/mol. The van der Waals surface area contributed by atoms with Crippen LogP contribution in [0.2, 0.25) is 0 Å². The van der Waals surface area contributed by atoms with E-state index in [2.05, 4.69) is 35.2 Å². The molecule has 1 aromatic carbocycles. The van der Waals surface area contributed by atoms with Crippen LogP contribution in [-0.2, 0) is 0 Å². The topological polar surface area (TPSA) is 54.2 Å². The van der Waals surface area contributed by atoms with E-state index in [-0.39, 0.29) is 0 Å². The number of rotatable bonds is 2. The summed E-state index contributed by atoms with van der Waals surface area (Å²) in [7, 11) is 2.19. The van der Waals surface area contributed by atoms with Crippen molar-refractivity contribution in [2.24, 2.45) is 5.92 Å². The number of nitrogens with one attached hydrogen (secondary N) is 1. The summed E-state index contributed by atoms with van der Waals surface area (Å²) in [6.45, 7) is 4.60. The van der Waals surface area contributed by atoms with E-state index in [1.807, 2.05) is 24.4 Å². The molecule has 4 heteroatoms. The van der Waals surface area contributed by atoms with Gasteiger partial charge >= 0.3 is 0 Å². The molecule has 0 radical (unpaired) electrons. The van der Waals surface area contributed by atoms with Crippen molar-refractivity contribution in [3.8, 4) is 0 Å². The van der Waals surface area contributed by atoms with Gasteiger partial charge in [0.2, 0.25) is 0 Å². The highest BCUT2D eigenvalue weighted by atomic mass is 15.1. The third-order valence-electron chi connectivity index (χ3n) is 4.25. The first-order chi connectivity index (χ1) is 9.65. The smallest absolute Gasteiger partial charge is 0.0951 e. The molecule has 0 amide bonds. The largest absolute Gasteiger partial charge is 0.397 e. The van der Waals surface area contributed by atoms with Crippen molar-refractivity contribution in [1.82, 2.24) is 9.88 Å². The Labute approximate surface area is 120 Å². The van der Waals surface area contributed by atoms with Crippen LogP contribution >= 0.6 is 0 Å². The average molecular weight is 270 g/mol. The van der Waals surface area contributed by atoms with Gasteiger partial charge in [-0.3, -0.25) is 4.98 Å². The van der Waals surface area contributed by atoms with Gasteiger partial charge in [-0.2, -0.15) is 0 Å². The van der Waals surface area contributed by atoms with Gasteiger partial charge in [0.1, 0.15) is 0 Å². The van der Waals surface area contributed by atoms with Gasteiger partial charge in [0, 0.05) is 29.9 Å². The summed E-state index contributed by atoms with van der Waals surface area (Å²) in [6, 6.07) is 8.53. The maximum atomic E-state index is 6.01. The number of anilines is 2. The number of hydrogen-bond donors (Lipinski definition) is 2. The second-order valence-corrected chi connectivity index (χ2v) is 5.88. The summed E-state index contributed by atoms with van der Waals surface area (Å²) >= 11 is 0. The van der Waals surface area contributed by atoms with Crippen molar-refractivity contribution >= 4 is 22.3 Å². The summed E-state index contributed by atoms with van der Waals surface area (Å²) in [4.78, 5) is 6.79. The Morgan fingerprint density at radius 3 is 3.00 bits per heavy atom. The van der Waals surface area contributed by atoms with Crippen LogP contribution in [0.3, 0.4) is 0 Å². The molecule has 3 rings (SSSR count). The Morgan fingerprint density at radius 2 is 2.20 bits per heavy atom. The third kappa shape index (κ3) is 2.43. The lowest BCUT2D eigenvalue weighted by atomic mass is 9.94. The van der Waals surface area contributed by atoms with Crippen LogP contribution in [0.25, 0.3) is 10.9 Å². The van der Waals surface area contributed by atoms with Crippen molar-refractivity contribution in [3.05, 3.63) is 30.5 Å². The number of pyridine rings is 1. The molecule has 2 aromatic rings. The zero-order valence-corrected chi connectivity index (χ0v) is 12.1. The van der Waals surface area contributed by atoms with E-state index in [0.717, 1.165) is 35.4 Å². The van der Waals surface area contributed by atoms with Crippen LogP contribution in [0.15, 0.2) is 30.5 Å². The number of benzene rings is 1. The molecule has 0 saturated carbocycles. The van der Waals surface area contributed by atoms with Crippen LogP contribution in [-0.4, -0.2) is 36.1 Å². The molecule has 20 heavy (non-hydrogen) atoms. The minimum atomic E-state index is 0.512. The second kappa shape index (κ2) is 5.29. The fourth-order valence-electron chi connectivity index (χ4n) is 3.09. The highest BCUT2D eigenvalue weighted by Crippen LogP contribution is 2.28. The van der Waals surface area contributed by atoms with E-state index >= 15 is 0 Å². The van der Waals surface area contributed by atoms with E-state index < -0.39 is 0 Å². The highest BCUT2D eigenvalue weighted by Gasteiger charge is 2.24. The van der Waals surface area contributed by atoms with Crippen LogP contribution in [0.4, 0.5) is 11.4 Å². The molecule has 1 aliphatic heterocycles. The fourth-order valence-corrected chi connectivity index (χ4v) is 3.09. The van der Waals surface area contributed by atoms with E-state index in [1.54, 1.807) is 0 Å². The highest BCUT2D eigenvalue weighted by molar-refractivity contribution is 5.97. The Balaban J connectivity index is 1.89. The molecule has 0 aliphatic carbocycles. The van der Waals surface area contributed by atoms with Crippen molar-refractivity contribution in [1.29, 1.82) is 0 Å². The molecule has 106 valence electrons. The Bertz CT molecular complexity index is 610. The lowest BCUT2D eigenvalue weighted by Gasteiger charge is -2.36. The van der Waals surface area contributed by atoms with E-state index in [0.29, 0.717) is 12.0 Å². The third-order valence-corrected chi connectivity index (χ3v) is 4.25. The normalized spacial score (nSPS) is 23.9. The van der Waals surface area contributed by atoms with Crippen LogP contribution in [0.1, 0.15) is 13.3 Å². The molecule has 4 nitrogen and oxygen atoms in total. The first-order valence-electron chi connectivity index (χ1n) is 7.23. The van der Waals surface area contributed by atoms with Crippen molar-refractivity contribution < 1.29 is 0 Å². The van der Waals surface area contributed by atoms with Gasteiger partial charge in [0.05, 0.1) is 11.2 Å². The summed E-state index contributed by atoms with van der Waals surface area (Å²) in [5.41, 5.74) is 8.77. The Hall–Kier alpha value is -1.81. The molecule has 1 fully saturated rings. The average Bonchev–Trinajstić information content (AvgIpc) is 2.43. The molecule has 3 N–H and O–H groups in total. The first kappa shape index (κ1) is 13.2. The SMILES string of the molecule is CC1CN(C)CCC1Nc1ccnc2c(N)cccc12. The minimum absolute atomic E-state index is 0.512. The van der Waals surface area contributed by atoms with Gasteiger partial charge in [-0.15, -0.1) is 0 Å². The molecule has 1 saturated heterocycles. The number of para-hydroxylation sites is 1. The van der Waals surface area contributed by atoms with Gasteiger partial charge in [0.15, 0.2) is 0 Å². The first-order valence-corrected chi connectivity index (χ1v) is 7.23. The number of aromatic nitrogens is 1. The van der Waals surface area contributed by atoms with E-state index in [1.165, 1.54) is 6.42 Å². The lowest BCUT2D eigenvalue weighted by molar-refractivity contribution is 0.206. The molecule has 0 bridgehead atoms. The summed E-state index contributed by atoms with van der Waals surface area (Å²) < 4.78 is 0. The zero-order valence-electron chi connectivity index (χ0n) is 12.1. The van der Waals surface area contributed by atoms with E-state index in [4.69, 9.17) is 5.73 Å². The quantitative estimate of drug-likeness (QED) is 0.824. The molecule has 2 atom stereocenters. The molecule has 1 aliphatic rings. The molecule has 0 spiro atoms. The standard InChI is InChI=1S/C16H22N4/c1-11-10-20(2)9-7-14(11)19-15-6-8-18-16-12(15)4-3-5-13(16)17/h3-6,8,11,14H,7,9-10,17H2,1-2H3,(H,18,19). The molecule has 2 heterocycles. The molecular formula is C16H22N4. The second-order valence-electron chi connectivity index (χ2n) is 5.88. The number of piperidine rings is 1. The number of fused-ring (bicyclic) bond motifs is 1. The van der Waals surface area contributed by atoms with Crippen LogP contribution < -0.4 is 11.1 Å². The summed E-state index contributed by atoms with van der Waals surface area (Å²) in [6.07, 6.45) is 3.00. The van der Waals surface area contributed by atoms with Crippen molar-refractivity contribution in [2.75, 3.05) is 31.2 Å². The van der Waals surface area contributed by atoms with Gasteiger partial charge in [0.25, 0.3) is 0 Å². The molecular weight excluding hydrogens is 248 g/mol. The number of likely N-dealkylation sites (tertiary alicyclic amines) is 1. The molecule has 2 unspecified atom stereocenters. The molecule has 1 aromatic heterocycles. The monoisotopic (exact) mass is 270 g/mol. The van der Waals surface area contributed by atoms with Gasteiger partial charge < -0.3 is 16.0 Å². The van der Waals surface area contributed by atoms with Crippen LogP contribution in [0.5, 0.6) is 0 Å². The summed E-state index contributed by atoms with van der Waals surface area (Å²) in [5, 5.41) is 4.81. The Morgan fingerprint density at radius 1 is 1.35 bits per heavy atom. The number of nitrogens with zero attached hydrogens (tertiary/aromatic N) is 2. The van der Waals surface area contributed by atoms with Gasteiger partial charge in [-0.25, -0.2) is 0 Å². The predicted octanol–water partition coefficient (Wildman–Crippen LogP) is 2.57. The number of nitrogens with two attached hydrogens (primary N) is 1. The number of nitrogen functional groups attached to an aromatic ring is 1. The van der Waals surface area contributed by atoms with Crippen LogP contribution in [0, 0.1) is 5.92 Å². The van der Waals surface area contributed by atoms with E-state index in [9.17, 15) is 0 Å². The maximum absolute atomic E-state index is 6.01. The lowest BCUT2D eigenvalue weighted by Crippen LogP contribution is -2.43. The minimum Gasteiger partial charge on any atom is -0.397 e. The number of hydrogen-bond acceptors (Lipinski definition) is 4. The van der Waals surface area contributed by atoms with Gasteiger partial charge in [-0.05, 0) is 38.1 Å². The van der Waals surface area contributed by atoms with Gasteiger partial charge in [-0.1, -0.05) is 19.1 Å². The zero-order chi connectivity index (χ0) is 14.1.